The molecule has 2 heteroatoms. The summed E-state index contributed by atoms with van der Waals surface area (Å²) in [6.07, 6.45) is 7.74. The van der Waals surface area contributed by atoms with Crippen molar-refractivity contribution in [3.05, 3.63) is 11.6 Å². The second-order valence-corrected chi connectivity index (χ2v) is 5.05. The number of fused-ring (bicyclic) bond motifs is 1. The summed E-state index contributed by atoms with van der Waals surface area (Å²) in [5, 5.41) is 0. The van der Waals surface area contributed by atoms with Gasteiger partial charge in [0.05, 0.1) is 12.2 Å². The van der Waals surface area contributed by atoms with Gasteiger partial charge in [0.15, 0.2) is 0 Å². The second kappa shape index (κ2) is 5.13. The van der Waals surface area contributed by atoms with Gasteiger partial charge >= 0.3 is 0 Å². The summed E-state index contributed by atoms with van der Waals surface area (Å²) >= 11 is 0. The minimum atomic E-state index is 0.348. The average molecular weight is 210 g/mol. The molecule has 1 heterocycles. The Kier molecular flexibility index (Phi) is 3.81. The molecule has 0 unspecified atom stereocenters. The summed E-state index contributed by atoms with van der Waals surface area (Å²) in [5.74, 6) is 0.628. The van der Waals surface area contributed by atoms with Crippen molar-refractivity contribution < 1.29 is 9.47 Å². The Morgan fingerprint density at radius 1 is 1.47 bits per heavy atom. The van der Waals surface area contributed by atoms with Crippen LogP contribution >= 0.6 is 0 Å². The first-order valence-corrected chi connectivity index (χ1v) is 6.19. The summed E-state index contributed by atoms with van der Waals surface area (Å²) < 4.78 is 11.6. The lowest BCUT2D eigenvalue weighted by atomic mass is 9.90. The Hall–Kier alpha value is -0.340. The lowest BCUT2D eigenvalue weighted by Gasteiger charge is -2.32. The van der Waals surface area contributed by atoms with Gasteiger partial charge in [-0.1, -0.05) is 19.9 Å². The molecular weight excluding hydrogens is 188 g/mol. The second-order valence-electron chi connectivity index (χ2n) is 5.05. The van der Waals surface area contributed by atoms with Gasteiger partial charge < -0.3 is 9.47 Å². The third-order valence-electron chi connectivity index (χ3n) is 3.10. The predicted molar refractivity (Wildman–Crippen MR) is 60.9 cm³/mol. The SMILES string of the molecule is CC(C)CO[C@H]1C=C2CCCO[C@H]2CC1. The van der Waals surface area contributed by atoms with Crippen LogP contribution in [0.5, 0.6) is 0 Å². The number of hydrogen-bond donors (Lipinski definition) is 0. The molecule has 0 bridgehead atoms. The number of rotatable bonds is 3. The Bertz CT molecular complexity index is 233. The van der Waals surface area contributed by atoms with E-state index in [9.17, 15) is 0 Å². The predicted octanol–water partition coefficient (Wildman–Crippen LogP) is 2.93. The number of hydrogen-bond acceptors (Lipinski definition) is 2. The molecule has 2 aliphatic rings. The largest absolute Gasteiger partial charge is 0.374 e. The van der Waals surface area contributed by atoms with Crippen LogP contribution in [0.15, 0.2) is 11.6 Å². The highest BCUT2D eigenvalue weighted by molar-refractivity contribution is 5.16. The fourth-order valence-electron chi connectivity index (χ4n) is 2.31. The molecule has 2 rings (SSSR count). The Morgan fingerprint density at radius 2 is 2.33 bits per heavy atom. The third kappa shape index (κ3) is 3.05. The Morgan fingerprint density at radius 3 is 3.13 bits per heavy atom. The minimum Gasteiger partial charge on any atom is -0.374 e. The van der Waals surface area contributed by atoms with Crippen LogP contribution in [-0.2, 0) is 9.47 Å². The highest BCUT2D eigenvalue weighted by atomic mass is 16.5. The van der Waals surface area contributed by atoms with E-state index >= 15 is 0 Å². The normalized spacial score (nSPS) is 31.3. The first-order chi connectivity index (χ1) is 7.25. The van der Waals surface area contributed by atoms with E-state index in [0.717, 1.165) is 26.1 Å². The monoisotopic (exact) mass is 210 g/mol. The van der Waals surface area contributed by atoms with Crippen LogP contribution < -0.4 is 0 Å². The van der Waals surface area contributed by atoms with Crippen LogP contribution in [-0.4, -0.2) is 25.4 Å². The first kappa shape index (κ1) is 11.2. The molecule has 2 nitrogen and oxygen atoms in total. The lowest BCUT2D eigenvalue weighted by Crippen LogP contribution is -2.30. The molecular formula is C13H22O2. The Labute approximate surface area is 92.6 Å². The van der Waals surface area contributed by atoms with Gasteiger partial charge in [0.1, 0.15) is 0 Å². The van der Waals surface area contributed by atoms with Gasteiger partial charge in [-0.2, -0.15) is 0 Å². The van der Waals surface area contributed by atoms with E-state index in [1.165, 1.54) is 18.4 Å². The molecule has 0 N–H and O–H groups in total. The van der Waals surface area contributed by atoms with Crippen molar-refractivity contribution in [3.8, 4) is 0 Å². The maximum Gasteiger partial charge on any atom is 0.0787 e. The zero-order valence-electron chi connectivity index (χ0n) is 9.87. The zero-order chi connectivity index (χ0) is 10.7. The van der Waals surface area contributed by atoms with Crippen molar-refractivity contribution >= 4 is 0 Å². The van der Waals surface area contributed by atoms with Gasteiger partial charge in [0.2, 0.25) is 0 Å². The minimum absolute atomic E-state index is 0.348. The Balaban J connectivity index is 1.88. The van der Waals surface area contributed by atoms with Gasteiger partial charge in [0, 0.05) is 13.2 Å². The molecule has 0 aromatic rings. The van der Waals surface area contributed by atoms with Gasteiger partial charge in [-0.3, -0.25) is 0 Å². The van der Waals surface area contributed by atoms with Crippen LogP contribution in [0.2, 0.25) is 0 Å². The third-order valence-corrected chi connectivity index (χ3v) is 3.10. The molecule has 2 atom stereocenters. The van der Waals surface area contributed by atoms with E-state index in [2.05, 4.69) is 19.9 Å². The lowest BCUT2D eigenvalue weighted by molar-refractivity contribution is 0.00653. The fourth-order valence-corrected chi connectivity index (χ4v) is 2.31. The molecule has 0 spiro atoms. The summed E-state index contributed by atoms with van der Waals surface area (Å²) in [6.45, 7) is 6.21. The number of ether oxygens (including phenoxy) is 2. The van der Waals surface area contributed by atoms with E-state index in [-0.39, 0.29) is 0 Å². The summed E-state index contributed by atoms with van der Waals surface area (Å²) in [6, 6.07) is 0. The zero-order valence-corrected chi connectivity index (χ0v) is 9.87. The van der Waals surface area contributed by atoms with E-state index in [4.69, 9.17) is 9.47 Å². The van der Waals surface area contributed by atoms with Gasteiger partial charge in [0.25, 0.3) is 0 Å². The van der Waals surface area contributed by atoms with Crippen molar-refractivity contribution in [3.63, 3.8) is 0 Å². The van der Waals surface area contributed by atoms with Gasteiger partial charge in [-0.15, -0.1) is 0 Å². The van der Waals surface area contributed by atoms with Crippen molar-refractivity contribution in [2.75, 3.05) is 13.2 Å². The molecule has 0 aromatic carbocycles. The van der Waals surface area contributed by atoms with Crippen LogP contribution in [0.1, 0.15) is 39.5 Å². The van der Waals surface area contributed by atoms with E-state index < -0.39 is 0 Å². The molecule has 86 valence electrons. The maximum absolute atomic E-state index is 5.86. The van der Waals surface area contributed by atoms with Crippen LogP contribution in [0.25, 0.3) is 0 Å². The molecule has 0 amide bonds. The highest BCUT2D eigenvalue weighted by Crippen LogP contribution is 2.30. The summed E-state index contributed by atoms with van der Waals surface area (Å²) in [7, 11) is 0. The first-order valence-electron chi connectivity index (χ1n) is 6.19. The van der Waals surface area contributed by atoms with Crippen LogP contribution in [0.3, 0.4) is 0 Å². The van der Waals surface area contributed by atoms with Gasteiger partial charge in [-0.25, -0.2) is 0 Å². The molecule has 15 heavy (non-hydrogen) atoms. The summed E-state index contributed by atoms with van der Waals surface area (Å²) in [4.78, 5) is 0. The van der Waals surface area contributed by atoms with Crippen LogP contribution in [0, 0.1) is 5.92 Å². The highest BCUT2D eigenvalue weighted by Gasteiger charge is 2.26. The molecule has 1 saturated heterocycles. The van der Waals surface area contributed by atoms with Crippen molar-refractivity contribution in [1.29, 1.82) is 0 Å². The van der Waals surface area contributed by atoms with Crippen molar-refractivity contribution in [2.24, 2.45) is 5.92 Å². The van der Waals surface area contributed by atoms with E-state index in [1.807, 2.05) is 0 Å². The standard InChI is InChI=1S/C13H22O2/c1-10(2)9-15-12-5-6-13-11(8-12)4-3-7-14-13/h8,10,12-13H,3-7,9H2,1-2H3/t12-,13+/m1/s1. The molecule has 0 saturated carbocycles. The molecule has 0 aromatic heterocycles. The van der Waals surface area contributed by atoms with Crippen molar-refractivity contribution in [2.45, 2.75) is 51.7 Å². The smallest absolute Gasteiger partial charge is 0.0787 e. The summed E-state index contributed by atoms with van der Waals surface area (Å²) in [5.41, 5.74) is 1.49. The molecule has 1 aliphatic carbocycles. The molecule has 0 radical (unpaired) electrons. The fraction of sp³-hybridized carbons (Fsp3) is 0.846. The van der Waals surface area contributed by atoms with Crippen molar-refractivity contribution in [1.82, 2.24) is 0 Å². The molecule has 1 aliphatic heterocycles. The quantitative estimate of drug-likeness (QED) is 0.667. The van der Waals surface area contributed by atoms with E-state index in [1.54, 1.807) is 0 Å². The topological polar surface area (TPSA) is 18.5 Å². The maximum atomic E-state index is 5.86. The average Bonchev–Trinajstić information content (AvgIpc) is 2.26. The van der Waals surface area contributed by atoms with Gasteiger partial charge in [-0.05, 0) is 37.2 Å². The van der Waals surface area contributed by atoms with Crippen LogP contribution in [0.4, 0.5) is 0 Å². The molecule has 1 fully saturated rings. The van der Waals surface area contributed by atoms with E-state index in [0.29, 0.717) is 18.1 Å².